The number of halogens is 2. The Morgan fingerprint density at radius 3 is 2.79 bits per heavy atom. The van der Waals surface area contributed by atoms with Crippen molar-refractivity contribution in [3.05, 3.63) is 70.5 Å². The Labute approximate surface area is 200 Å². The van der Waals surface area contributed by atoms with Crippen LogP contribution in [0.5, 0.6) is 0 Å². The highest BCUT2D eigenvalue weighted by molar-refractivity contribution is 14.1. The van der Waals surface area contributed by atoms with Gasteiger partial charge < -0.3 is 14.8 Å². The fourth-order valence-electron chi connectivity index (χ4n) is 3.64. The lowest BCUT2D eigenvalue weighted by atomic mass is 10.0. The zero-order chi connectivity index (χ0) is 23.6. The molecule has 1 saturated heterocycles. The zero-order valence-electron chi connectivity index (χ0n) is 17.1. The minimum Gasteiger partial charge on any atom is -0.456 e. The predicted molar refractivity (Wildman–Crippen MR) is 122 cm³/mol. The summed E-state index contributed by atoms with van der Waals surface area (Å²) in [4.78, 5) is 31.0. The number of anilines is 1. The molecule has 0 saturated carbocycles. The highest BCUT2D eigenvalue weighted by atomic mass is 127. The largest absolute Gasteiger partial charge is 0.456 e. The molecular formula is C20H17FIN7O4. The third-order valence-electron chi connectivity index (χ3n) is 5.09. The second-order valence-corrected chi connectivity index (χ2v) is 7.93. The normalized spacial score (nSPS) is 24.3. The number of carbonyl (C=O) groups excluding carboxylic acids is 2. The average molecular weight is 565 g/mol. The van der Waals surface area contributed by atoms with Gasteiger partial charge in [0, 0.05) is 21.8 Å². The van der Waals surface area contributed by atoms with E-state index in [1.165, 1.54) is 10.8 Å². The Bertz CT molecular complexity index is 1250. The molecule has 4 rings (SSSR count). The van der Waals surface area contributed by atoms with Crippen molar-refractivity contribution in [1.82, 2.24) is 14.6 Å². The number of esters is 1. The molecule has 1 fully saturated rings. The summed E-state index contributed by atoms with van der Waals surface area (Å²) in [7, 11) is 0. The summed E-state index contributed by atoms with van der Waals surface area (Å²) in [6.45, 7) is 1.13. The topological polar surface area (TPSA) is 144 Å². The van der Waals surface area contributed by atoms with Crippen LogP contribution in [0.25, 0.3) is 16.0 Å². The quantitative estimate of drug-likeness (QED) is 0.120. The molecule has 3 aromatic rings. The lowest BCUT2D eigenvalue weighted by molar-refractivity contribution is -0.156. The van der Waals surface area contributed by atoms with E-state index in [1.807, 2.05) is 22.6 Å². The molecular weight excluding hydrogens is 548 g/mol. The van der Waals surface area contributed by atoms with Crippen molar-refractivity contribution in [2.75, 3.05) is 9.74 Å². The molecule has 11 nitrogen and oxygen atoms in total. The number of ether oxygens (including phenoxy) is 2. The van der Waals surface area contributed by atoms with Crippen LogP contribution < -0.4 is 5.32 Å². The zero-order valence-corrected chi connectivity index (χ0v) is 19.3. The lowest BCUT2D eigenvalue weighted by Gasteiger charge is -2.26. The van der Waals surface area contributed by atoms with E-state index in [2.05, 4.69) is 25.4 Å². The first-order valence-electron chi connectivity index (χ1n) is 9.70. The van der Waals surface area contributed by atoms with Crippen LogP contribution >= 0.6 is 22.6 Å². The summed E-state index contributed by atoms with van der Waals surface area (Å²) in [6, 6.07) is 11.7. The van der Waals surface area contributed by atoms with Crippen LogP contribution in [0, 0.1) is 0 Å². The van der Waals surface area contributed by atoms with E-state index in [1.54, 1.807) is 42.5 Å². The van der Waals surface area contributed by atoms with Gasteiger partial charge in [-0.2, -0.15) is 5.10 Å². The Morgan fingerprint density at radius 1 is 1.36 bits per heavy atom. The van der Waals surface area contributed by atoms with Gasteiger partial charge in [0.05, 0.1) is 5.69 Å². The molecule has 0 unspecified atom stereocenters. The maximum absolute atomic E-state index is 15.5. The number of alkyl halides is 2. The summed E-state index contributed by atoms with van der Waals surface area (Å²) in [5, 5.41) is 10.5. The number of aromatic nitrogens is 3. The van der Waals surface area contributed by atoms with Gasteiger partial charge in [-0.05, 0) is 29.8 Å². The Morgan fingerprint density at radius 2 is 2.12 bits per heavy atom. The predicted octanol–water partition coefficient (Wildman–Crippen LogP) is 3.76. The molecule has 1 aliphatic rings. The molecule has 0 bridgehead atoms. The van der Waals surface area contributed by atoms with E-state index in [0.29, 0.717) is 11.1 Å². The third-order valence-corrected chi connectivity index (χ3v) is 6.19. The van der Waals surface area contributed by atoms with Crippen molar-refractivity contribution in [2.45, 2.75) is 31.0 Å². The monoisotopic (exact) mass is 565 g/mol. The van der Waals surface area contributed by atoms with Gasteiger partial charge in [-0.25, -0.2) is 13.9 Å². The average Bonchev–Trinajstić information content (AvgIpc) is 3.35. The Kier molecular flexibility index (Phi) is 6.44. The molecule has 170 valence electrons. The Balaban J connectivity index is 1.70. The second-order valence-electron chi connectivity index (χ2n) is 7.16. The second kappa shape index (κ2) is 9.29. The maximum atomic E-state index is 15.5. The molecule has 1 N–H and O–H groups in total. The van der Waals surface area contributed by atoms with Gasteiger partial charge in [0.1, 0.15) is 17.9 Å². The first kappa shape index (κ1) is 22.9. The van der Waals surface area contributed by atoms with E-state index in [4.69, 9.17) is 15.0 Å². The van der Waals surface area contributed by atoms with Crippen LogP contribution in [0.2, 0.25) is 0 Å². The summed E-state index contributed by atoms with van der Waals surface area (Å²) >= 11 is 1.88. The van der Waals surface area contributed by atoms with Crippen molar-refractivity contribution in [3.8, 4) is 0 Å². The summed E-state index contributed by atoms with van der Waals surface area (Å²) in [5.74, 6) is -0.894. The van der Waals surface area contributed by atoms with Gasteiger partial charge in [0.2, 0.25) is 0 Å². The number of carbonyl (C=O) groups is 2. The SMILES string of the molecule is CC(=O)O[C@H]1[C@@H](F)[C@H](c2ccc3c(NC(=O)c4ccccc4)ncnn23)O[C@@]1(CI)N=[N+]=[N-]. The number of nitrogens with one attached hydrogen (secondary N) is 1. The van der Waals surface area contributed by atoms with E-state index in [-0.39, 0.29) is 21.8 Å². The molecule has 4 atom stereocenters. The molecule has 13 heteroatoms. The minimum atomic E-state index is -1.84. The molecule has 1 amide bonds. The standard InChI is InChI=1S/C20H17FIN7O4/c1-11(30)32-17-15(21)16(33-20(17,9-22)27-28-23)13-7-8-14-18(24-10-25-29(13)14)26-19(31)12-5-3-2-4-6-12/h2-8,10,15-17H,9H2,1H3,(H,24,25,26,31)/t15-,16-,17-,20+/m0/s1. The number of rotatable bonds is 6. The summed E-state index contributed by atoms with van der Waals surface area (Å²) in [6.07, 6.45) is -3.34. The first-order valence-corrected chi connectivity index (χ1v) is 11.2. The van der Waals surface area contributed by atoms with Gasteiger partial charge in [0.15, 0.2) is 23.8 Å². The Hall–Kier alpha value is -3.29. The number of benzene rings is 1. The van der Waals surface area contributed by atoms with E-state index in [9.17, 15) is 9.59 Å². The molecule has 1 aromatic carbocycles. The summed E-state index contributed by atoms with van der Waals surface area (Å²) < 4.78 is 27.9. The van der Waals surface area contributed by atoms with Crippen LogP contribution in [-0.2, 0) is 14.3 Å². The highest BCUT2D eigenvalue weighted by Crippen LogP contribution is 2.45. The van der Waals surface area contributed by atoms with Crippen LogP contribution in [0.4, 0.5) is 10.2 Å². The number of nitrogens with zero attached hydrogens (tertiary/aromatic N) is 6. The van der Waals surface area contributed by atoms with Crippen LogP contribution in [-0.4, -0.2) is 48.9 Å². The molecule has 2 aromatic heterocycles. The smallest absolute Gasteiger partial charge is 0.303 e. The van der Waals surface area contributed by atoms with Crippen LogP contribution in [0.3, 0.4) is 0 Å². The van der Waals surface area contributed by atoms with Gasteiger partial charge in [-0.1, -0.05) is 45.9 Å². The van der Waals surface area contributed by atoms with Crippen molar-refractivity contribution in [3.63, 3.8) is 0 Å². The van der Waals surface area contributed by atoms with Gasteiger partial charge in [0.25, 0.3) is 5.91 Å². The maximum Gasteiger partial charge on any atom is 0.303 e. The van der Waals surface area contributed by atoms with Gasteiger partial charge in [-0.15, -0.1) is 0 Å². The number of hydrogen-bond acceptors (Lipinski definition) is 7. The van der Waals surface area contributed by atoms with Crippen molar-refractivity contribution >= 4 is 45.8 Å². The van der Waals surface area contributed by atoms with Gasteiger partial charge >= 0.3 is 5.97 Å². The van der Waals surface area contributed by atoms with Crippen molar-refractivity contribution < 1.29 is 23.5 Å². The summed E-state index contributed by atoms with van der Waals surface area (Å²) in [5.41, 5.74) is 8.39. The van der Waals surface area contributed by atoms with E-state index >= 15 is 4.39 Å². The number of hydrogen-bond donors (Lipinski definition) is 1. The van der Waals surface area contributed by atoms with Crippen LogP contribution in [0.15, 0.2) is 53.9 Å². The highest BCUT2D eigenvalue weighted by Gasteiger charge is 2.58. The minimum absolute atomic E-state index is 0.0420. The molecule has 33 heavy (non-hydrogen) atoms. The van der Waals surface area contributed by atoms with Crippen LogP contribution in [0.1, 0.15) is 29.1 Å². The fraction of sp³-hybridized carbons (Fsp3) is 0.300. The number of fused-ring (bicyclic) bond motifs is 1. The first-order chi connectivity index (χ1) is 15.9. The van der Waals surface area contributed by atoms with E-state index < -0.39 is 30.1 Å². The van der Waals surface area contributed by atoms with E-state index in [0.717, 1.165) is 6.92 Å². The number of azide groups is 1. The molecule has 0 spiro atoms. The molecule has 1 aliphatic heterocycles. The number of amides is 1. The van der Waals surface area contributed by atoms with Crippen molar-refractivity contribution in [2.24, 2.45) is 5.11 Å². The third kappa shape index (κ3) is 4.21. The molecule has 0 aliphatic carbocycles. The molecule has 0 radical (unpaired) electrons. The van der Waals surface area contributed by atoms with Gasteiger partial charge in [-0.3, -0.25) is 9.59 Å². The van der Waals surface area contributed by atoms with Crippen molar-refractivity contribution in [1.29, 1.82) is 0 Å². The fourth-order valence-corrected chi connectivity index (χ4v) is 4.41. The molecule has 3 heterocycles. The lowest BCUT2D eigenvalue weighted by Crippen LogP contribution is -2.44.